The van der Waals surface area contributed by atoms with Crippen LogP contribution < -0.4 is 20.5 Å². The van der Waals surface area contributed by atoms with Crippen molar-refractivity contribution in [2.24, 2.45) is 5.73 Å². The molecule has 3 N–H and O–H groups in total. The first-order chi connectivity index (χ1) is 11.1. The number of hydrogen-bond acceptors (Lipinski definition) is 5. The first-order valence-electron chi connectivity index (χ1n) is 7.78. The molecule has 23 heavy (non-hydrogen) atoms. The molecule has 1 aromatic rings. The number of carbonyl (C=O) groups is 1. The van der Waals surface area contributed by atoms with Crippen LogP contribution in [0.5, 0.6) is 11.5 Å². The van der Waals surface area contributed by atoms with E-state index in [0.717, 1.165) is 31.6 Å². The van der Waals surface area contributed by atoms with Crippen LogP contribution in [0.1, 0.15) is 25.3 Å². The second kappa shape index (κ2) is 8.96. The summed E-state index contributed by atoms with van der Waals surface area (Å²) < 4.78 is 16.5. The Labute approximate surface area is 141 Å². The van der Waals surface area contributed by atoms with Crippen molar-refractivity contribution in [2.45, 2.75) is 32.4 Å². The monoisotopic (exact) mass is 342 g/mol. The van der Waals surface area contributed by atoms with Crippen molar-refractivity contribution in [2.75, 3.05) is 26.4 Å². The summed E-state index contributed by atoms with van der Waals surface area (Å²) in [4.78, 5) is 10.9. The lowest BCUT2D eigenvalue weighted by Crippen LogP contribution is -2.25. The van der Waals surface area contributed by atoms with Gasteiger partial charge in [-0.1, -0.05) is 11.6 Å². The van der Waals surface area contributed by atoms with E-state index in [2.05, 4.69) is 5.32 Å². The largest absolute Gasteiger partial charge is 0.490 e. The molecule has 2 rings (SSSR count). The lowest BCUT2D eigenvalue weighted by Gasteiger charge is -2.15. The molecule has 1 aromatic carbocycles. The minimum absolute atomic E-state index is 0.240. The molecule has 1 atom stereocenters. The number of carbonyl (C=O) groups excluding carboxylic acids is 1. The van der Waals surface area contributed by atoms with Crippen LogP contribution in [0.3, 0.4) is 0 Å². The molecule has 6 nitrogen and oxygen atoms in total. The topological polar surface area (TPSA) is 82.8 Å². The first kappa shape index (κ1) is 17.8. The molecule has 1 amide bonds. The fourth-order valence-electron chi connectivity index (χ4n) is 2.45. The van der Waals surface area contributed by atoms with E-state index in [9.17, 15) is 4.79 Å². The Morgan fingerprint density at radius 1 is 1.48 bits per heavy atom. The Balaban J connectivity index is 2.00. The van der Waals surface area contributed by atoms with E-state index in [1.807, 2.05) is 13.0 Å². The second-order valence-electron chi connectivity index (χ2n) is 5.36. The number of halogens is 1. The molecule has 128 valence electrons. The highest BCUT2D eigenvalue weighted by Crippen LogP contribution is 2.36. The number of amides is 1. The molecule has 0 bridgehead atoms. The van der Waals surface area contributed by atoms with Crippen LogP contribution in [0.25, 0.3) is 0 Å². The van der Waals surface area contributed by atoms with E-state index in [-0.39, 0.29) is 12.7 Å². The maximum absolute atomic E-state index is 10.9. The summed E-state index contributed by atoms with van der Waals surface area (Å²) in [7, 11) is 0. The normalized spacial score (nSPS) is 17.2. The van der Waals surface area contributed by atoms with Crippen molar-refractivity contribution in [3.05, 3.63) is 22.7 Å². The van der Waals surface area contributed by atoms with Gasteiger partial charge in [0.05, 0.1) is 17.7 Å². The minimum atomic E-state index is -0.564. The Bertz CT molecular complexity index is 533. The standard InChI is InChI=1S/C16H23ClN2O4/c1-2-21-14-7-11(8-19-9-12-4-3-5-22-12)6-13(17)16(14)23-10-15(18)20/h6-7,12,19H,2-5,8-10H2,1H3,(H2,18,20)/t12-/m0/s1. The van der Waals surface area contributed by atoms with Crippen molar-refractivity contribution in [1.29, 1.82) is 0 Å². The molecular formula is C16H23ClN2O4. The highest BCUT2D eigenvalue weighted by atomic mass is 35.5. The number of rotatable bonds is 9. The second-order valence-corrected chi connectivity index (χ2v) is 5.77. The molecule has 0 unspecified atom stereocenters. The third-order valence-corrected chi connectivity index (χ3v) is 3.73. The van der Waals surface area contributed by atoms with Gasteiger partial charge < -0.3 is 25.3 Å². The van der Waals surface area contributed by atoms with E-state index in [1.54, 1.807) is 6.07 Å². The Hall–Kier alpha value is -1.50. The van der Waals surface area contributed by atoms with Crippen LogP contribution in [-0.4, -0.2) is 38.4 Å². The zero-order chi connectivity index (χ0) is 16.7. The number of primary amides is 1. The number of hydrogen-bond donors (Lipinski definition) is 2. The lowest BCUT2D eigenvalue weighted by molar-refractivity contribution is -0.119. The van der Waals surface area contributed by atoms with Gasteiger partial charge in [-0.3, -0.25) is 4.79 Å². The van der Waals surface area contributed by atoms with Crippen LogP contribution >= 0.6 is 11.6 Å². The van der Waals surface area contributed by atoms with E-state index >= 15 is 0 Å². The Morgan fingerprint density at radius 3 is 2.96 bits per heavy atom. The van der Waals surface area contributed by atoms with E-state index in [4.69, 9.17) is 31.5 Å². The molecule has 0 aliphatic carbocycles. The van der Waals surface area contributed by atoms with Crippen LogP contribution in [0.2, 0.25) is 5.02 Å². The first-order valence-corrected chi connectivity index (χ1v) is 8.16. The summed E-state index contributed by atoms with van der Waals surface area (Å²) in [6.45, 7) is 4.40. The summed E-state index contributed by atoms with van der Waals surface area (Å²) in [5.41, 5.74) is 6.07. The van der Waals surface area contributed by atoms with E-state index in [1.165, 1.54) is 0 Å². The van der Waals surface area contributed by atoms with Gasteiger partial charge in [-0.15, -0.1) is 0 Å². The van der Waals surface area contributed by atoms with Crippen LogP contribution in [0, 0.1) is 0 Å². The van der Waals surface area contributed by atoms with Crippen molar-refractivity contribution in [1.82, 2.24) is 5.32 Å². The number of nitrogens with two attached hydrogens (primary N) is 1. The molecule has 1 saturated heterocycles. The van der Waals surface area contributed by atoms with Crippen LogP contribution in [0.15, 0.2) is 12.1 Å². The summed E-state index contributed by atoms with van der Waals surface area (Å²) >= 11 is 6.25. The fraction of sp³-hybridized carbons (Fsp3) is 0.562. The molecule has 1 fully saturated rings. The van der Waals surface area contributed by atoms with Gasteiger partial charge in [0.15, 0.2) is 18.1 Å². The van der Waals surface area contributed by atoms with Gasteiger partial charge in [0.2, 0.25) is 0 Å². The van der Waals surface area contributed by atoms with Crippen molar-refractivity contribution in [3.63, 3.8) is 0 Å². The van der Waals surface area contributed by atoms with Gasteiger partial charge in [-0.05, 0) is 37.5 Å². The quantitative estimate of drug-likeness (QED) is 0.716. The van der Waals surface area contributed by atoms with Crippen LogP contribution in [-0.2, 0) is 16.1 Å². The van der Waals surface area contributed by atoms with E-state index in [0.29, 0.717) is 29.7 Å². The molecule has 1 aliphatic heterocycles. The van der Waals surface area contributed by atoms with Crippen molar-refractivity contribution < 1.29 is 19.0 Å². The molecule has 1 aliphatic rings. The average Bonchev–Trinajstić information content (AvgIpc) is 3.00. The summed E-state index contributed by atoms with van der Waals surface area (Å²) in [5.74, 6) is 0.288. The Kier molecular flexibility index (Phi) is 6.95. The van der Waals surface area contributed by atoms with Gasteiger partial charge in [0.25, 0.3) is 5.91 Å². The van der Waals surface area contributed by atoms with Crippen molar-refractivity contribution in [3.8, 4) is 11.5 Å². The molecule has 0 aromatic heterocycles. The Morgan fingerprint density at radius 2 is 2.30 bits per heavy atom. The van der Waals surface area contributed by atoms with Gasteiger partial charge in [0.1, 0.15) is 0 Å². The molecule has 0 radical (unpaired) electrons. The average molecular weight is 343 g/mol. The molecule has 7 heteroatoms. The number of benzene rings is 1. The number of ether oxygens (including phenoxy) is 3. The predicted molar refractivity (Wildman–Crippen MR) is 88.0 cm³/mol. The fourth-order valence-corrected chi connectivity index (χ4v) is 2.74. The minimum Gasteiger partial charge on any atom is -0.490 e. The van der Waals surface area contributed by atoms with Gasteiger partial charge in [-0.2, -0.15) is 0 Å². The molecule has 1 heterocycles. The highest BCUT2D eigenvalue weighted by Gasteiger charge is 2.16. The maximum atomic E-state index is 10.9. The summed E-state index contributed by atoms with van der Waals surface area (Å²) in [6.07, 6.45) is 2.51. The maximum Gasteiger partial charge on any atom is 0.255 e. The highest BCUT2D eigenvalue weighted by molar-refractivity contribution is 6.32. The SMILES string of the molecule is CCOc1cc(CNC[C@@H]2CCCO2)cc(Cl)c1OCC(N)=O. The van der Waals surface area contributed by atoms with Crippen molar-refractivity contribution >= 4 is 17.5 Å². The van der Waals surface area contributed by atoms with Crippen LogP contribution in [0.4, 0.5) is 0 Å². The zero-order valence-corrected chi connectivity index (χ0v) is 14.0. The predicted octanol–water partition coefficient (Wildman–Crippen LogP) is 1.87. The summed E-state index contributed by atoms with van der Waals surface area (Å²) in [6, 6.07) is 3.65. The zero-order valence-electron chi connectivity index (χ0n) is 13.3. The molecular weight excluding hydrogens is 320 g/mol. The van der Waals surface area contributed by atoms with Gasteiger partial charge in [-0.25, -0.2) is 0 Å². The summed E-state index contributed by atoms with van der Waals surface area (Å²) in [5, 5.41) is 3.75. The van der Waals surface area contributed by atoms with E-state index < -0.39 is 5.91 Å². The smallest absolute Gasteiger partial charge is 0.255 e. The lowest BCUT2D eigenvalue weighted by atomic mass is 10.2. The molecule has 0 saturated carbocycles. The number of nitrogens with one attached hydrogen (secondary N) is 1. The third-order valence-electron chi connectivity index (χ3n) is 3.45. The third kappa shape index (κ3) is 5.57. The van der Waals surface area contributed by atoms with Gasteiger partial charge in [0, 0.05) is 19.7 Å². The molecule has 0 spiro atoms. The van der Waals surface area contributed by atoms with Gasteiger partial charge >= 0.3 is 0 Å².